The van der Waals surface area contributed by atoms with Gasteiger partial charge in [0.05, 0.1) is 12.7 Å². The fraction of sp³-hybridized carbons (Fsp3) is 0.538. The van der Waals surface area contributed by atoms with Crippen molar-refractivity contribution in [2.24, 2.45) is 0 Å². The number of hydrogen-bond donors (Lipinski definition) is 1. The largest absolute Gasteiger partial charge is 0.496 e. The maximum Gasteiger partial charge on any atom is 0.416 e. The minimum absolute atomic E-state index is 0.299. The molecular formula is C13H17F3N2O. The number of halogens is 3. The molecule has 106 valence electrons. The van der Waals surface area contributed by atoms with E-state index in [0.29, 0.717) is 12.3 Å². The predicted molar refractivity (Wildman–Crippen MR) is 66.1 cm³/mol. The zero-order valence-corrected chi connectivity index (χ0v) is 10.8. The lowest BCUT2D eigenvalue weighted by molar-refractivity contribution is -0.137. The van der Waals surface area contributed by atoms with Crippen LogP contribution in [-0.4, -0.2) is 38.2 Å². The van der Waals surface area contributed by atoms with Crippen molar-refractivity contribution in [1.29, 1.82) is 0 Å². The van der Waals surface area contributed by atoms with Gasteiger partial charge in [-0.05, 0) is 12.1 Å². The van der Waals surface area contributed by atoms with E-state index in [1.807, 2.05) is 0 Å². The van der Waals surface area contributed by atoms with Crippen molar-refractivity contribution in [3.63, 3.8) is 0 Å². The van der Waals surface area contributed by atoms with Gasteiger partial charge >= 0.3 is 6.18 Å². The van der Waals surface area contributed by atoms with Crippen LogP contribution in [-0.2, 0) is 12.7 Å². The molecule has 1 aromatic rings. The average Bonchev–Trinajstić information content (AvgIpc) is 2.39. The second kappa shape index (κ2) is 5.79. The van der Waals surface area contributed by atoms with Crippen LogP contribution in [0.15, 0.2) is 18.2 Å². The van der Waals surface area contributed by atoms with Crippen LogP contribution in [0.4, 0.5) is 13.2 Å². The van der Waals surface area contributed by atoms with E-state index < -0.39 is 11.7 Å². The fourth-order valence-corrected chi connectivity index (χ4v) is 2.16. The third-order valence-electron chi connectivity index (χ3n) is 3.22. The van der Waals surface area contributed by atoms with Gasteiger partial charge in [-0.15, -0.1) is 0 Å². The number of benzene rings is 1. The van der Waals surface area contributed by atoms with Gasteiger partial charge in [0.25, 0.3) is 0 Å². The second-order valence-electron chi connectivity index (χ2n) is 4.55. The van der Waals surface area contributed by atoms with E-state index in [0.717, 1.165) is 43.9 Å². The van der Waals surface area contributed by atoms with E-state index >= 15 is 0 Å². The first kappa shape index (κ1) is 14.1. The Balaban J connectivity index is 2.16. The molecule has 0 aromatic heterocycles. The van der Waals surface area contributed by atoms with E-state index in [9.17, 15) is 13.2 Å². The van der Waals surface area contributed by atoms with Gasteiger partial charge in [0.1, 0.15) is 5.75 Å². The SMILES string of the molecule is COc1cc(C(F)(F)F)ccc1CN1CCNCC1. The van der Waals surface area contributed by atoms with Crippen LogP contribution >= 0.6 is 0 Å². The normalized spacial score (nSPS) is 17.5. The number of rotatable bonds is 3. The molecule has 1 heterocycles. The van der Waals surface area contributed by atoms with Gasteiger partial charge in [-0.25, -0.2) is 0 Å². The lowest BCUT2D eigenvalue weighted by Crippen LogP contribution is -2.42. The van der Waals surface area contributed by atoms with Crippen molar-refractivity contribution in [3.05, 3.63) is 29.3 Å². The van der Waals surface area contributed by atoms with Crippen LogP contribution < -0.4 is 10.1 Å². The second-order valence-corrected chi connectivity index (χ2v) is 4.55. The Morgan fingerprint density at radius 2 is 1.95 bits per heavy atom. The van der Waals surface area contributed by atoms with Gasteiger partial charge in [0.2, 0.25) is 0 Å². The lowest BCUT2D eigenvalue weighted by Gasteiger charge is -2.27. The van der Waals surface area contributed by atoms with Crippen LogP contribution in [0.3, 0.4) is 0 Å². The van der Waals surface area contributed by atoms with Crippen LogP contribution in [0.2, 0.25) is 0 Å². The summed E-state index contributed by atoms with van der Waals surface area (Å²) in [6.45, 7) is 4.21. The van der Waals surface area contributed by atoms with Crippen LogP contribution in [0.5, 0.6) is 5.75 Å². The maximum atomic E-state index is 12.6. The molecule has 0 unspecified atom stereocenters. The van der Waals surface area contributed by atoms with Crippen molar-refractivity contribution < 1.29 is 17.9 Å². The quantitative estimate of drug-likeness (QED) is 0.913. The number of ether oxygens (including phenoxy) is 1. The first-order valence-electron chi connectivity index (χ1n) is 6.18. The van der Waals surface area contributed by atoms with Gasteiger partial charge in [-0.3, -0.25) is 4.90 Å². The molecule has 1 saturated heterocycles. The number of piperazine rings is 1. The summed E-state index contributed by atoms with van der Waals surface area (Å²) in [5.74, 6) is 0.299. The molecule has 0 atom stereocenters. The number of nitrogens with zero attached hydrogens (tertiary/aromatic N) is 1. The van der Waals surface area contributed by atoms with Gasteiger partial charge in [0, 0.05) is 38.3 Å². The molecule has 2 rings (SSSR count). The predicted octanol–water partition coefficient (Wildman–Crippen LogP) is 2.12. The summed E-state index contributed by atoms with van der Waals surface area (Å²) in [5, 5.41) is 3.24. The molecule has 19 heavy (non-hydrogen) atoms. The molecule has 0 spiro atoms. The first-order chi connectivity index (χ1) is 9.00. The molecule has 1 fully saturated rings. The van der Waals surface area contributed by atoms with E-state index in [4.69, 9.17) is 4.74 Å². The standard InChI is InChI=1S/C13H17F3N2O/c1-19-12-8-11(13(14,15)16)3-2-10(12)9-18-6-4-17-5-7-18/h2-3,8,17H,4-7,9H2,1H3. The monoisotopic (exact) mass is 274 g/mol. The molecule has 0 saturated carbocycles. The highest BCUT2D eigenvalue weighted by atomic mass is 19.4. The summed E-state index contributed by atoms with van der Waals surface area (Å²) in [5.41, 5.74) is 0.116. The zero-order valence-electron chi connectivity index (χ0n) is 10.8. The van der Waals surface area contributed by atoms with Crippen LogP contribution in [0.1, 0.15) is 11.1 Å². The Morgan fingerprint density at radius 3 is 2.53 bits per heavy atom. The van der Waals surface area contributed by atoms with E-state index in [1.165, 1.54) is 13.2 Å². The van der Waals surface area contributed by atoms with Gasteiger partial charge in [0.15, 0.2) is 0 Å². The molecule has 0 bridgehead atoms. The maximum absolute atomic E-state index is 12.6. The zero-order chi connectivity index (χ0) is 13.9. The highest BCUT2D eigenvalue weighted by Crippen LogP contribution is 2.33. The highest BCUT2D eigenvalue weighted by molar-refractivity contribution is 5.38. The summed E-state index contributed by atoms with van der Waals surface area (Å²) >= 11 is 0. The summed E-state index contributed by atoms with van der Waals surface area (Å²) < 4.78 is 42.9. The Morgan fingerprint density at radius 1 is 1.26 bits per heavy atom. The topological polar surface area (TPSA) is 24.5 Å². The smallest absolute Gasteiger partial charge is 0.416 e. The molecule has 1 aliphatic heterocycles. The summed E-state index contributed by atoms with van der Waals surface area (Å²) in [4.78, 5) is 2.20. The highest BCUT2D eigenvalue weighted by Gasteiger charge is 2.31. The van der Waals surface area contributed by atoms with Gasteiger partial charge < -0.3 is 10.1 Å². The molecule has 0 amide bonds. The third-order valence-corrected chi connectivity index (χ3v) is 3.22. The summed E-state index contributed by atoms with van der Waals surface area (Å²) in [6.07, 6.45) is -4.33. The molecule has 1 aromatic carbocycles. The van der Waals surface area contributed by atoms with Crippen molar-refractivity contribution in [1.82, 2.24) is 10.2 Å². The number of hydrogen-bond acceptors (Lipinski definition) is 3. The van der Waals surface area contributed by atoms with Crippen molar-refractivity contribution in [3.8, 4) is 5.75 Å². The van der Waals surface area contributed by atoms with Crippen molar-refractivity contribution >= 4 is 0 Å². The number of alkyl halides is 3. The summed E-state index contributed by atoms with van der Waals surface area (Å²) in [6, 6.07) is 3.68. The van der Waals surface area contributed by atoms with E-state index in [-0.39, 0.29) is 0 Å². The molecule has 0 aliphatic carbocycles. The molecule has 1 N–H and O–H groups in total. The molecular weight excluding hydrogens is 257 g/mol. The minimum Gasteiger partial charge on any atom is -0.496 e. The molecule has 6 heteroatoms. The Labute approximate surface area is 110 Å². The van der Waals surface area contributed by atoms with Crippen LogP contribution in [0.25, 0.3) is 0 Å². The molecule has 3 nitrogen and oxygen atoms in total. The molecule has 1 aliphatic rings. The van der Waals surface area contributed by atoms with Crippen molar-refractivity contribution in [2.45, 2.75) is 12.7 Å². The van der Waals surface area contributed by atoms with Gasteiger partial charge in [-0.1, -0.05) is 6.07 Å². The van der Waals surface area contributed by atoms with Gasteiger partial charge in [-0.2, -0.15) is 13.2 Å². The average molecular weight is 274 g/mol. The molecule has 0 radical (unpaired) electrons. The number of nitrogens with one attached hydrogen (secondary N) is 1. The first-order valence-corrected chi connectivity index (χ1v) is 6.18. The van der Waals surface area contributed by atoms with E-state index in [1.54, 1.807) is 0 Å². The Hall–Kier alpha value is -1.27. The Bertz CT molecular complexity index is 428. The third kappa shape index (κ3) is 3.61. The van der Waals surface area contributed by atoms with Crippen molar-refractivity contribution in [2.75, 3.05) is 33.3 Å². The summed E-state index contributed by atoms with van der Waals surface area (Å²) in [7, 11) is 1.40. The lowest BCUT2D eigenvalue weighted by atomic mass is 10.1. The van der Waals surface area contributed by atoms with E-state index in [2.05, 4.69) is 10.2 Å². The Kier molecular flexibility index (Phi) is 4.31. The van der Waals surface area contributed by atoms with Crippen LogP contribution in [0, 0.1) is 0 Å². The minimum atomic E-state index is -4.33. The fourth-order valence-electron chi connectivity index (χ4n) is 2.16. The number of methoxy groups -OCH3 is 1.